The topological polar surface area (TPSA) is 141 Å². The summed E-state index contributed by atoms with van der Waals surface area (Å²) in [5.74, 6) is -0.627. The lowest BCUT2D eigenvalue weighted by Crippen LogP contribution is -2.56. The van der Waals surface area contributed by atoms with Gasteiger partial charge in [0.05, 0.1) is 7.11 Å². The molecule has 0 spiro atoms. The Labute approximate surface area is 197 Å². The van der Waals surface area contributed by atoms with Crippen molar-refractivity contribution in [3.05, 3.63) is 29.7 Å². The number of nitrogens with zero attached hydrogens (tertiary/aromatic N) is 4. The fourth-order valence-corrected chi connectivity index (χ4v) is 4.03. The van der Waals surface area contributed by atoms with Gasteiger partial charge in [0, 0.05) is 24.3 Å². The largest absolute Gasteiger partial charge is 0.467 e. The molecule has 3 N–H and O–H groups in total. The summed E-state index contributed by atoms with van der Waals surface area (Å²) in [6, 6.07) is 2.45. The molecule has 1 saturated carbocycles. The summed E-state index contributed by atoms with van der Waals surface area (Å²) < 4.78 is 4.76. The van der Waals surface area contributed by atoms with Crippen LogP contribution in [-0.4, -0.2) is 74.8 Å². The SMILES string of the molecule is CCCN1c2nc(-c3ccc(C(=O)NC(C(=O)OC)C(C)C)nc3)[nH]c2C(=O)N(C2CC2)C1O. The molecular formula is C23H30N6O5. The Morgan fingerprint density at radius 2 is 2.06 bits per heavy atom. The molecule has 2 unspecified atom stereocenters. The Hall–Kier alpha value is -3.47. The molecule has 11 heteroatoms. The number of ether oxygens (including phenoxy) is 1. The summed E-state index contributed by atoms with van der Waals surface area (Å²) >= 11 is 0. The minimum atomic E-state index is -1.04. The van der Waals surface area contributed by atoms with Gasteiger partial charge in [0.2, 0.25) is 6.35 Å². The van der Waals surface area contributed by atoms with Crippen molar-refractivity contribution in [3.63, 3.8) is 0 Å². The van der Waals surface area contributed by atoms with Crippen LogP contribution in [0.5, 0.6) is 0 Å². The standard InChI is InChI=1S/C23H30N6O5/c1-5-10-28-19-17(21(31)29(23(28)33)14-7-8-14)25-18(27-19)13-6-9-15(24-11-13)20(30)26-16(12(2)3)22(32)34-4/h6,9,11-12,14,16,23,33H,5,7-8,10H2,1-4H3,(H,25,27)(H,26,30). The number of aliphatic hydroxyl groups is 1. The highest BCUT2D eigenvalue weighted by Crippen LogP contribution is 2.37. The van der Waals surface area contributed by atoms with E-state index in [9.17, 15) is 19.5 Å². The number of esters is 1. The molecule has 0 aromatic carbocycles. The van der Waals surface area contributed by atoms with E-state index < -0.39 is 24.3 Å². The van der Waals surface area contributed by atoms with Crippen LogP contribution in [0, 0.1) is 5.92 Å². The molecule has 34 heavy (non-hydrogen) atoms. The molecule has 3 heterocycles. The number of aromatic nitrogens is 3. The molecule has 2 amide bonds. The second-order valence-corrected chi connectivity index (χ2v) is 8.92. The van der Waals surface area contributed by atoms with E-state index in [0.29, 0.717) is 29.4 Å². The summed E-state index contributed by atoms with van der Waals surface area (Å²) in [7, 11) is 1.27. The number of carbonyl (C=O) groups excluding carboxylic acids is 3. The molecule has 182 valence electrons. The number of imidazole rings is 1. The van der Waals surface area contributed by atoms with Gasteiger partial charge in [0.25, 0.3) is 11.8 Å². The third kappa shape index (κ3) is 4.35. The quantitative estimate of drug-likeness (QED) is 0.493. The van der Waals surface area contributed by atoms with Gasteiger partial charge in [-0.1, -0.05) is 20.8 Å². The predicted molar refractivity (Wildman–Crippen MR) is 123 cm³/mol. The number of carbonyl (C=O) groups is 3. The van der Waals surface area contributed by atoms with Gasteiger partial charge in [-0.05, 0) is 37.3 Å². The molecule has 1 fully saturated rings. The van der Waals surface area contributed by atoms with E-state index in [2.05, 4.69) is 20.3 Å². The number of nitrogens with one attached hydrogen (secondary N) is 2. The molecule has 2 aliphatic rings. The van der Waals surface area contributed by atoms with Crippen LogP contribution in [0.3, 0.4) is 0 Å². The minimum absolute atomic E-state index is 0.0425. The third-order valence-electron chi connectivity index (χ3n) is 6.02. The van der Waals surface area contributed by atoms with E-state index in [1.54, 1.807) is 11.0 Å². The third-order valence-corrected chi connectivity index (χ3v) is 6.02. The lowest BCUT2D eigenvalue weighted by atomic mass is 10.0. The van der Waals surface area contributed by atoms with Crippen LogP contribution >= 0.6 is 0 Å². The van der Waals surface area contributed by atoms with Crippen molar-refractivity contribution in [1.82, 2.24) is 25.2 Å². The number of methoxy groups -OCH3 is 1. The Morgan fingerprint density at radius 3 is 2.62 bits per heavy atom. The van der Waals surface area contributed by atoms with Gasteiger partial charge >= 0.3 is 5.97 Å². The van der Waals surface area contributed by atoms with Crippen LogP contribution in [0.4, 0.5) is 5.82 Å². The summed E-state index contributed by atoms with van der Waals surface area (Å²) in [4.78, 5) is 52.7. The summed E-state index contributed by atoms with van der Waals surface area (Å²) in [5, 5.41) is 13.5. The average molecular weight is 471 g/mol. The second-order valence-electron chi connectivity index (χ2n) is 8.92. The fraction of sp³-hybridized carbons (Fsp3) is 0.522. The van der Waals surface area contributed by atoms with Gasteiger partial charge in [-0.15, -0.1) is 0 Å². The molecule has 2 aromatic rings. The van der Waals surface area contributed by atoms with Crippen LogP contribution in [0.2, 0.25) is 0 Å². The van der Waals surface area contributed by atoms with Gasteiger partial charge < -0.3 is 25.0 Å². The van der Waals surface area contributed by atoms with E-state index in [1.807, 2.05) is 20.8 Å². The molecule has 1 aliphatic carbocycles. The normalized spacial score (nSPS) is 18.6. The maximum Gasteiger partial charge on any atom is 0.328 e. The molecule has 4 rings (SSSR count). The Kier molecular flexibility index (Phi) is 6.56. The highest BCUT2D eigenvalue weighted by atomic mass is 16.5. The molecule has 0 radical (unpaired) electrons. The highest BCUT2D eigenvalue weighted by Gasteiger charge is 2.46. The second kappa shape index (κ2) is 9.41. The zero-order valence-corrected chi connectivity index (χ0v) is 19.7. The Morgan fingerprint density at radius 1 is 1.32 bits per heavy atom. The minimum Gasteiger partial charge on any atom is -0.467 e. The molecule has 0 saturated heterocycles. The van der Waals surface area contributed by atoms with Crippen molar-refractivity contribution >= 4 is 23.6 Å². The molecule has 11 nitrogen and oxygen atoms in total. The van der Waals surface area contributed by atoms with Crippen molar-refractivity contribution in [2.24, 2.45) is 5.92 Å². The number of aliphatic hydroxyl groups excluding tert-OH is 1. The number of aromatic amines is 1. The number of anilines is 1. The van der Waals surface area contributed by atoms with Crippen LogP contribution in [0.25, 0.3) is 11.4 Å². The van der Waals surface area contributed by atoms with E-state index in [1.165, 1.54) is 24.3 Å². The summed E-state index contributed by atoms with van der Waals surface area (Å²) in [6.45, 7) is 6.15. The van der Waals surface area contributed by atoms with Gasteiger partial charge in [0.1, 0.15) is 23.3 Å². The lowest BCUT2D eigenvalue weighted by Gasteiger charge is -2.40. The van der Waals surface area contributed by atoms with Crippen LogP contribution in [0.15, 0.2) is 18.3 Å². The van der Waals surface area contributed by atoms with Crippen LogP contribution in [0.1, 0.15) is 61.0 Å². The average Bonchev–Trinajstić information content (AvgIpc) is 3.56. The monoisotopic (exact) mass is 470 g/mol. The maximum atomic E-state index is 13.0. The van der Waals surface area contributed by atoms with Crippen molar-refractivity contribution < 1.29 is 24.2 Å². The van der Waals surface area contributed by atoms with Gasteiger partial charge in [0.15, 0.2) is 5.82 Å². The number of hydrogen-bond donors (Lipinski definition) is 3. The highest BCUT2D eigenvalue weighted by molar-refractivity contribution is 6.00. The molecule has 2 atom stereocenters. The maximum absolute atomic E-state index is 13.0. The Balaban J connectivity index is 1.57. The molecule has 0 bridgehead atoms. The van der Waals surface area contributed by atoms with E-state index in [4.69, 9.17) is 4.74 Å². The zero-order chi connectivity index (χ0) is 24.6. The van der Waals surface area contributed by atoms with E-state index in [-0.39, 0.29) is 23.6 Å². The van der Waals surface area contributed by atoms with Crippen molar-refractivity contribution in [1.29, 1.82) is 0 Å². The van der Waals surface area contributed by atoms with E-state index in [0.717, 1.165) is 19.3 Å². The number of H-pyrrole nitrogens is 1. The number of rotatable bonds is 8. The smallest absolute Gasteiger partial charge is 0.328 e. The first-order valence-electron chi connectivity index (χ1n) is 11.5. The van der Waals surface area contributed by atoms with Crippen molar-refractivity contribution in [3.8, 4) is 11.4 Å². The van der Waals surface area contributed by atoms with Gasteiger partial charge in [-0.2, -0.15) is 0 Å². The summed E-state index contributed by atoms with van der Waals surface area (Å²) in [6.07, 6.45) is 2.96. The molecule has 2 aromatic heterocycles. The lowest BCUT2D eigenvalue weighted by molar-refractivity contribution is -0.144. The molecular weight excluding hydrogens is 440 g/mol. The van der Waals surface area contributed by atoms with Crippen LogP contribution in [-0.2, 0) is 9.53 Å². The number of hydrogen-bond acceptors (Lipinski definition) is 8. The number of amides is 2. The summed E-state index contributed by atoms with van der Waals surface area (Å²) in [5.41, 5.74) is 1.05. The zero-order valence-electron chi connectivity index (χ0n) is 19.7. The molecule has 1 aliphatic heterocycles. The van der Waals surface area contributed by atoms with Crippen molar-refractivity contribution in [2.45, 2.75) is 58.5 Å². The Bertz CT molecular complexity index is 1080. The predicted octanol–water partition coefficient (Wildman–Crippen LogP) is 1.51. The first-order valence-corrected chi connectivity index (χ1v) is 11.5. The van der Waals surface area contributed by atoms with Gasteiger partial charge in [-0.25, -0.2) is 9.78 Å². The van der Waals surface area contributed by atoms with E-state index >= 15 is 0 Å². The number of pyridine rings is 1. The first kappa shape index (κ1) is 23.7. The van der Waals surface area contributed by atoms with Crippen molar-refractivity contribution in [2.75, 3.05) is 18.6 Å². The first-order chi connectivity index (χ1) is 16.3. The number of fused-ring (bicyclic) bond motifs is 1. The van der Waals surface area contributed by atoms with Gasteiger partial charge in [-0.3, -0.25) is 19.5 Å². The fourth-order valence-electron chi connectivity index (χ4n) is 4.03. The van der Waals surface area contributed by atoms with Crippen LogP contribution < -0.4 is 10.2 Å².